The molecule has 3 heteroatoms. The van der Waals surface area contributed by atoms with Crippen molar-refractivity contribution in [2.24, 2.45) is 0 Å². The van der Waals surface area contributed by atoms with E-state index in [2.05, 4.69) is 68.2 Å². The highest BCUT2D eigenvalue weighted by molar-refractivity contribution is 5.61. The van der Waals surface area contributed by atoms with Crippen LogP contribution in [0.2, 0.25) is 0 Å². The van der Waals surface area contributed by atoms with Crippen molar-refractivity contribution >= 4 is 11.4 Å². The molecule has 0 spiro atoms. The molecular weight excluding hydrogens is 222 g/mol. The average Bonchev–Trinajstić information content (AvgIpc) is 2.36. The largest absolute Gasteiger partial charge is 0.380 e. The molecule has 0 aliphatic carbocycles. The van der Waals surface area contributed by atoms with Gasteiger partial charge in [0.25, 0.3) is 0 Å². The number of hydrogen-bond acceptors (Lipinski definition) is 3. The second-order valence-electron chi connectivity index (χ2n) is 6.38. The Bertz CT molecular complexity index is 420. The summed E-state index contributed by atoms with van der Waals surface area (Å²) in [5, 5.41) is 3.54. The predicted molar refractivity (Wildman–Crippen MR) is 79.4 cm³/mol. The Balaban J connectivity index is 2.30. The highest BCUT2D eigenvalue weighted by atomic mass is 15.2. The van der Waals surface area contributed by atoms with Crippen LogP contribution in [0, 0.1) is 0 Å². The van der Waals surface area contributed by atoms with Gasteiger partial charge in [-0.15, -0.1) is 0 Å². The zero-order chi connectivity index (χ0) is 13.3. The Morgan fingerprint density at radius 3 is 2.50 bits per heavy atom. The van der Waals surface area contributed by atoms with Crippen molar-refractivity contribution in [1.29, 1.82) is 0 Å². The monoisotopic (exact) mass is 247 g/mol. The van der Waals surface area contributed by atoms with Gasteiger partial charge in [-0.1, -0.05) is 0 Å². The molecule has 2 rings (SSSR count). The number of likely N-dealkylation sites (N-methyl/N-ethyl adjacent to an activating group) is 2. The lowest BCUT2D eigenvalue weighted by Crippen LogP contribution is -2.26. The van der Waals surface area contributed by atoms with Crippen molar-refractivity contribution in [3.63, 3.8) is 0 Å². The molecule has 0 saturated carbocycles. The quantitative estimate of drug-likeness (QED) is 0.823. The average molecular weight is 247 g/mol. The number of nitrogens with one attached hydrogen (secondary N) is 1. The lowest BCUT2D eigenvalue weighted by molar-refractivity contribution is 0.343. The summed E-state index contributed by atoms with van der Waals surface area (Å²) in [4.78, 5) is 4.73. The number of anilines is 2. The zero-order valence-corrected chi connectivity index (χ0v) is 12.2. The third-order valence-electron chi connectivity index (χ3n) is 3.27. The predicted octanol–water partition coefficient (Wildman–Crippen LogP) is 2.78. The number of rotatable bonds is 1. The minimum Gasteiger partial charge on any atom is -0.380 e. The first kappa shape index (κ1) is 13.2. The first-order valence-corrected chi connectivity index (χ1v) is 6.66. The summed E-state index contributed by atoms with van der Waals surface area (Å²) in [6.45, 7) is 9.81. The van der Waals surface area contributed by atoms with Crippen molar-refractivity contribution < 1.29 is 0 Å². The Hall–Kier alpha value is -1.22. The molecule has 1 aliphatic rings. The highest BCUT2D eigenvalue weighted by Crippen LogP contribution is 2.27. The maximum atomic E-state index is 3.54. The van der Waals surface area contributed by atoms with E-state index >= 15 is 0 Å². The van der Waals surface area contributed by atoms with Crippen LogP contribution in [0.3, 0.4) is 0 Å². The first-order chi connectivity index (χ1) is 8.35. The van der Waals surface area contributed by atoms with Gasteiger partial charge >= 0.3 is 0 Å². The zero-order valence-electron chi connectivity index (χ0n) is 12.2. The first-order valence-electron chi connectivity index (χ1n) is 6.66. The maximum absolute atomic E-state index is 3.54. The van der Waals surface area contributed by atoms with Crippen molar-refractivity contribution in [1.82, 2.24) is 4.90 Å². The van der Waals surface area contributed by atoms with E-state index in [0.29, 0.717) is 0 Å². The molecule has 100 valence electrons. The van der Waals surface area contributed by atoms with Gasteiger partial charge in [-0.05, 0) is 51.6 Å². The molecule has 0 bridgehead atoms. The fourth-order valence-corrected chi connectivity index (χ4v) is 2.41. The normalized spacial score (nSPS) is 17.3. The van der Waals surface area contributed by atoms with Crippen LogP contribution >= 0.6 is 0 Å². The fourth-order valence-electron chi connectivity index (χ4n) is 2.41. The van der Waals surface area contributed by atoms with Crippen molar-refractivity contribution in [3.8, 4) is 0 Å². The molecule has 18 heavy (non-hydrogen) atoms. The van der Waals surface area contributed by atoms with Gasteiger partial charge < -0.3 is 15.1 Å². The Labute approximate surface area is 111 Å². The SMILES string of the molecule is CN1CCN(C)c2ccc(NC(C)(C)C)cc2C1. The molecule has 0 atom stereocenters. The molecule has 1 aliphatic heterocycles. The number of hydrogen-bond donors (Lipinski definition) is 1. The summed E-state index contributed by atoms with van der Waals surface area (Å²) in [6, 6.07) is 6.72. The molecule has 0 fully saturated rings. The van der Waals surface area contributed by atoms with Gasteiger partial charge in [0.05, 0.1) is 0 Å². The van der Waals surface area contributed by atoms with Crippen molar-refractivity contribution in [2.75, 3.05) is 37.4 Å². The summed E-state index contributed by atoms with van der Waals surface area (Å²) >= 11 is 0. The lowest BCUT2D eigenvalue weighted by atomic mass is 10.1. The number of fused-ring (bicyclic) bond motifs is 1. The summed E-state index contributed by atoms with van der Waals surface area (Å²) in [5.41, 5.74) is 4.09. The topological polar surface area (TPSA) is 18.5 Å². The van der Waals surface area contributed by atoms with Gasteiger partial charge in [-0.25, -0.2) is 0 Å². The van der Waals surface area contributed by atoms with Crippen LogP contribution in [-0.4, -0.2) is 37.6 Å². The standard InChI is InChI=1S/C15H25N3/c1-15(2,3)16-13-6-7-14-12(10-13)11-17(4)8-9-18(14)5/h6-7,10,16H,8-9,11H2,1-5H3. The number of nitrogens with zero attached hydrogens (tertiary/aromatic N) is 2. The molecule has 0 saturated heterocycles. The van der Waals surface area contributed by atoms with E-state index in [4.69, 9.17) is 0 Å². The van der Waals surface area contributed by atoms with E-state index < -0.39 is 0 Å². The van der Waals surface area contributed by atoms with Gasteiger partial charge in [0, 0.05) is 43.6 Å². The summed E-state index contributed by atoms with van der Waals surface area (Å²) in [6.07, 6.45) is 0. The lowest BCUT2D eigenvalue weighted by Gasteiger charge is -2.24. The molecule has 3 nitrogen and oxygen atoms in total. The van der Waals surface area contributed by atoms with Crippen LogP contribution in [0.5, 0.6) is 0 Å². The van der Waals surface area contributed by atoms with E-state index in [1.165, 1.54) is 16.9 Å². The second kappa shape index (κ2) is 4.81. The summed E-state index contributed by atoms with van der Waals surface area (Å²) in [5.74, 6) is 0. The summed E-state index contributed by atoms with van der Waals surface area (Å²) < 4.78 is 0. The van der Waals surface area contributed by atoms with E-state index in [-0.39, 0.29) is 5.54 Å². The van der Waals surface area contributed by atoms with E-state index in [1.54, 1.807) is 0 Å². The van der Waals surface area contributed by atoms with Crippen LogP contribution in [0.1, 0.15) is 26.3 Å². The number of benzene rings is 1. The summed E-state index contributed by atoms with van der Waals surface area (Å²) in [7, 11) is 4.36. The van der Waals surface area contributed by atoms with Crippen LogP contribution in [-0.2, 0) is 6.54 Å². The van der Waals surface area contributed by atoms with Gasteiger partial charge in [0.15, 0.2) is 0 Å². The van der Waals surface area contributed by atoms with Crippen LogP contribution < -0.4 is 10.2 Å². The minimum absolute atomic E-state index is 0.108. The van der Waals surface area contributed by atoms with Gasteiger partial charge in [0.1, 0.15) is 0 Å². The Kier molecular flexibility index (Phi) is 3.53. The van der Waals surface area contributed by atoms with Gasteiger partial charge in [-0.2, -0.15) is 0 Å². The van der Waals surface area contributed by atoms with Gasteiger partial charge in [-0.3, -0.25) is 0 Å². The maximum Gasteiger partial charge on any atom is 0.0411 e. The van der Waals surface area contributed by atoms with E-state index in [1.807, 2.05) is 0 Å². The molecule has 0 amide bonds. The third-order valence-corrected chi connectivity index (χ3v) is 3.27. The molecule has 1 heterocycles. The molecule has 1 aromatic rings. The smallest absolute Gasteiger partial charge is 0.0411 e. The molecule has 0 radical (unpaired) electrons. The minimum atomic E-state index is 0.108. The Morgan fingerprint density at radius 1 is 1.11 bits per heavy atom. The molecule has 1 aromatic carbocycles. The van der Waals surface area contributed by atoms with Gasteiger partial charge in [0.2, 0.25) is 0 Å². The molecule has 0 unspecified atom stereocenters. The molecule has 1 N–H and O–H groups in total. The molecule has 0 aromatic heterocycles. The van der Waals surface area contributed by atoms with Crippen molar-refractivity contribution in [2.45, 2.75) is 32.9 Å². The fraction of sp³-hybridized carbons (Fsp3) is 0.600. The van der Waals surface area contributed by atoms with Crippen LogP contribution in [0.25, 0.3) is 0 Å². The highest BCUT2D eigenvalue weighted by Gasteiger charge is 2.16. The Morgan fingerprint density at radius 2 is 1.83 bits per heavy atom. The van der Waals surface area contributed by atoms with Crippen LogP contribution in [0.4, 0.5) is 11.4 Å². The molecular formula is C15H25N3. The van der Waals surface area contributed by atoms with E-state index in [0.717, 1.165) is 19.6 Å². The third kappa shape index (κ3) is 3.16. The van der Waals surface area contributed by atoms with E-state index in [9.17, 15) is 0 Å². The van der Waals surface area contributed by atoms with Crippen molar-refractivity contribution in [3.05, 3.63) is 23.8 Å². The van der Waals surface area contributed by atoms with Crippen LogP contribution in [0.15, 0.2) is 18.2 Å². The second-order valence-corrected chi connectivity index (χ2v) is 6.38.